The number of halogens is 1. The fourth-order valence-corrected chi connectivity index (χ4v) is 1.62. The highest BCUT2D eigenvalue weighted by Crippen LogP contribution is 2.07. The van der Waals surface area contributed by atoms with Gasteiger partial charge in [0.25, 0.3) is 0 Å². The molecule has 0 spiro atoms. The lowest BCUT2D eigenvalue weighted by atomic mass is 10.2. The minimum absolute atomic E-state index is 1.12. The van der Waals surface area contributed by atoms with Gasteiger partial charge in [-0.05, 0) is 6.42 Å². The van der Waals surface area contributed by atoms with E-state index in [1.54, 1.807) is 0 Å². The van der Waals surface area contributed by atoms with E-state index in [1.807, 2.05) is 0 Å². The predicted octanol–water partition coefficient (Wildman–Crippen LogP) is 1.89. The Balaban J connectivity index is 2.32. The Bertz CT molecular complexity index is 134. The Morgan fingerprint density at radius 3 is 3.00 bits per heavy atom. The van der Waals surface area contributed by atoms with E-state index < -0.39 is 0 Å². The van der Waals surface area contributed by atoms with E-state index in [1.165, 1.54) is 16.6 Å². The maximum atomic E-state index is 4.44. The molecule has 0 aromatic rings. The summed E-state index contributed by atoms with van der Waals surface area (Å²) in [5, 5.41) is 6.61. The molecule has 0 amide bonds. The molecular weight excluding hydrogens is 239 g/mol. The van der Waals surface area contributed by atoms with Crippen LogP contribution in [0.25, 0.3) is 0 Å². The van der Waals surface area contributed by atoms with Crippen LogP contribution in [-0.2, 0) is 0 Å². The Kier molecular flexibility index (Phi) is 3.45. The average molecular weight is 252 g/mol. The van der Waals surface area contributed by atoms with Crippen molar-refractivity contribution in [1.29, 1.82) is 0 Å². The van der Waals surface area contributed by atoms with Crippen LogP contribution in [-0.4, -0.2) is 28.2 Å². The second-order valence-electron chi connectivity index (χ2n) is 2.41. The smallest absolute Gasteiger partial charge is 0.0450 e. The molecule has 1 aliphatic rings. The van der Waals surface area contributed by atoms with Crippen LogP contribution in [0, 0.1) is 0 Å². The summed E-state index contributed by atoms with van der Waals surface area (Å²) in [5.74, 6) is 0. The van der Waals surface area contributed by atoms with Gasteiger partial charge in [-0.2, -0.15) is 5.10 Å². The summed E-state index contributed by atoms with van der Waals surface area (Å²) < 4.78 is 1.18. The van der Waals surface area contributed by atoms with E-state index >= 15 is 0 Å². The van der Waals surface area contributed by atoms with E-state index in [-0.39, 0.29) is 0 Å². The summed E-state index contributed by atoms with van der Waals surface area (Å²) in [6.45, 7) is 4.43. The molecular formula is C7H13IN2. The minimum atomic E-state index is 1.12. The topological polar surface area (TPSA) is 15.6 Å². The molecule has 0 aromatic carbocycles. The van der Waals surface area contributed by atoms with Gasteiger partial charge in [-0.25, -0.2) is 0 Å². The molecule has 0 saturated carbocycles. The Morgan fingerprint density at radius 1 is 1.70 bits per heavy atom. The number of alkyl halides is 1. The second-order valence-corrected chi connectivity index (χ2v) is 3.49. The van der Waals surface area contributed by atoms with Crippen LogP contribution in [0.5, 0.6) is 0 Å². The zero-order chi connectivity index (χ0) is 7.40. The van der Waals surface area contributed by atoms with Crippen molar-refractivity contribution in [2.75, 3.05) is 17.5 Å². The van der Waals surface area contributed by atoms with Crippen molar-refractivity contribution in [2.24, 2.45) is 5.10 Å². The van der Waals surface area contributed by atoms with Gasteiger partial charge in [0.05, 0.1) is 0 Å². The molecule has 0 N–H and O–H groups in total. The van der Waals surface area contributed by atoms with Crippen molar-refractivity contribution >= 4 is 28.3 Å². The lowest BCUT2D eigenvalue weighted by Crippen LogP contribution is -2.15. The van der Waals surface area contributed by atoms with E-state index in [2.05, 4.69) is 39.6 Å². The maximum absolute atomic E-state index is 4.44. The third kappa shape index (κ3) is 2.11. The van der Waals surface area contributed by atoms with Crippen molar-refractivity contribution in [2.45, 2.75) is 19.8 Å². The minimum Gasteiger partial charge on any atom is -0.296 e. The molecule has 1 aliphatic heterocycles. The first kappa shape index (κ1) is 8.30. The van der Waals surface area contributed by atoms with Crippen LogP contribution >= 0.6 is 22.6 Å². The molecule has 3 heteroatoms. The lowest BCUT2D eigenvalue weighted by molar-refractivity contribution is 0.341. The number of hydrogen-bond donors (Lipinski definition) is 0. The number of nitrogens with zero attached hydrogens (tertiary/aromatic N) is 2. The van der Waals surface area contributed by atoms with Gasteiger partial charge in [0.1, 0.15) is 0 Å². The Labute approximate surface area is 75.8 Å². The first-order valence-electron chi connectivity index (χ1n) is 3.74. The van der Waals surface area contributed by atoms with Crippen LogP contribution < -0.4 is 0 Å². The predicted molar refractivity (Wildman–Crippen MR) is 52.8 cm³/mol. The summed E-state index contributed by atoms with van der Waals surface area (Å²) in [5.41, 5.74) is 1.37. The largest absolute Gasteiger partial charge is 0.296 e. The van der Waals surface area contributed by atoms with Gasteiger partial charge in [-0.1, -0.05) is 29.5 Å². The number of hydrogen-bond acceptors (Lipinski definition) is 2. The van der Waals surface area contributed by atoms with Crippen LogP contribution in [0.2, 0.25) is 0 Å². The summed E-state index contributed by atoms with van der Waals surface area (Å²) >= 11 is 2.39. The molecule has 0 fully saturated rings. The summed E-state index contributed by atoms with van der Waals surface area (Å²) in [7, 11) is 0. The summed E-state index contributed by atoms with van der Waals surface area (Å²) in [6.07, 6.45) is 2.31. The number of hydrazone groups is 1. The normalized spacial score (nSPS) is 17.8. The Hall–Kier alpha value is 0.200. The molecule has 0 unspecified atom stereocenters. The lowest BCUT2D eigenvalue weighted by Gasteiger charge is -2.09. The van der Waals surface area contributed by atoms with Crippen LogP contribution in [0.3, 0.4) is 0 Å². The zero-order valence-corrected chi connectivity index (χ0v) is 8.47. The zero-order valence-electron chi connectivity index (χ0n) is 6.31. The van der Waals surface area contributed by atoms with E-state index in [4.69, 9.17) is 0 Å². The molecule has 0 aliphatic carbocycles. The van der Waals surface area contributed by atoms with Crippen LogP contribution in [0.15, 0.2) is 5.10 Å². The highest BCUT2D eigenvalue weighted by Gasteiger charge is 2.10. The van der Waals surface area contributed by atoms with E-state index in [9.17, 15) is 0 Å². The van der Waals surface area contributed by atoms with Gasteiger partial charge in [-0.3, -0.25) is 5.01 Å². The molecule has 58 valence electrons. The van der Waals surface area contributed by atoms with Crippen LogP contribution in [0.4, 0.5) is 0 Å². The molecule has 10 heavy (non-hydrogen) atoms. The SMILES string of the molecule is CCC1=NN(CCI)CC1. The Morgan fingerprint density at radius 2 is 2.50 bits per heavy atom. The van der Waals surface area contributed by atoms with E-state index in [0.29, 0.717) is 0 Å². The van der Waals surface area contributed by atoms with Gasteiger partial charge in [0.2, 0.25) is 0 Å². The van der Waals surface area contributed by atoms with Crippen molar-refractivity contribution in [3.8, 4) is 0 Å². The van der Waals surface area contributed by atoms with Gasteiger partial charge >= 0.3 is 0 Å². The summed E-state index contributed by atoms with van der Waals surface area (Å²) in [4.78, 5) is 0. The highest BCUT2D eigenvalue weighted by molar-refractivity contribution is 14.1. The second kappa shape index (κ2) is 4.16. The van der Waals surface area contributed by atoms with Gasteiger partial charge in [0.15, 0.2) is 0 Å². The fraction of sp³-hybridized carbons (Fsp3) is 0.857. The molecule has 1 rings (SSSR count). The molecule has 0 bridgehead atoms. The van der Waals surface area contributed by atoms with Gasteiger partial charge < -0.3 is 0 Å². The van der Waals surface area contributed by atoms with Crippen molar-refractivity contribution in [1.82, 2.24) is 5.01 Å². The maximum Gasteiger partial charge on any atom is 0.0450 e. The van der Waals surface area contributed by atoms with Crippen molar-refractivity contribution in [3.63, 3.8) is 0 Å². The summed E-state index contributed by atoms with van der Waals surface area (Å²) in [6, 6.07) is 0. The number of rotatable bonds is 3. The standard InChI is InChI=1S/C7H13IN2/c1-2-7-3-5-10(9-7)6-4-8/h2-6H2,1H3. The third-order valence-electron chi connectivity index (χ3n) is 1.69. The molecule has 0 saturated heterocycles. The molecule has 0 radical (unpaired) electrons. The third-order valence-corrected chi connectivity index (χ3v) is 2.17. The quantitative estimate of drug-likeness (QED) is 0.553. The molecule has 0 aromatic heterocycles. The van der Waals surface area contributed by atoms with Crippen molar-refractivity contribution < 1.29 is 0 Å². The van der Waals surface area contributed by atoms with Gasteiger partial charge in [-0.15, -0.1) is 0 Å². The first-order chi connectivity index (χ1) is 4.86. The molecule has 1 heterocycles. The van der Waals surface area contributed by atoms with Crippen molar-refractivity contribution in [3.05, 3.63) is 0 Å². The fourth-order valence-electron chi connectivity index (χ4n) is 1.06. The van der Waals surface area contributed by atoms with Crippen LogP contribution in [0.1, 0.15) is 19.8 Å². The van der Waals surface area contributed by atoms with E-state index in [0.717, 1.165) is 19.5 Å². The first-order valence-corrected chi connectivity index (χ1v) is 5.26. The molecule has 2 nitrogen and oxygen atoms in total. The molecule has 0 atom stereocenters. The monoisotopic (exact) mass is 252 g/mol. The highest BCUT2D eigenvalue weighted by atomic mass is 127. The average Bonchev–Trinajstić information content (AvgIpc) is 2.37. The van der Waals surface area contributed by atoms with Gasteiger partial charge in [0, 0.05) is 29.6 Å².